The second-order valence-corrected chi connectivity index (χ2v) is 1.27. The molecule has 2 nitrogen and oxygen atoms in total. The lowest BCUT2D eigenvalue weighted by Gasteiger charge is -1.70. The van der Waals surface area contributed by atoms with Crippen molar-refractivity contribution in [2.45, 2.75) is 6.92 Å². The minimum atomic E-state index is 0.784. The van der Waals surface area contributed by atoms with Crippen LogP contribution in [0, 0.1) is 0 Å². The van der Waals surface area contributed by atoms with Crippen molar-refractivity contribution in [2.75, 3.05) is 0 Å². The number of hydrogen-bond acceptors (Lipinski definition) is 2. The molecular weight excluding hydrogens is 74.9 g/mol. The van der Waals surface area contributed by atoms with Crippen LogP contribution in [0.15, 0.2) is 21.8 Å². The molecule has 0 unspecified atom stereocenters. The molecule has 6 heavy (non-hydrogen) atoms. The highest BCUT2D eigenvalue weighted by atomic mass is 15.1. The Morgan fingerprint density at radius 3 is 2.83 bits per heavy atom. The van der Waals surface area contributed by atoms with Crippen molar-refractivity contribution in [3.05, 3.63) is 11.7 Å². The maximum absolute atomic E-state index is 3.72. The fourth-order valence-corrected chi connectivity index (χ4v) is 0.366. The fourth-order valence-electron chi connectivity index (χ4n) is 0.366. The molecule has 0 aromatic rings. The predicted octanol–water partition coefficient (Wildman–Crippen LogP) is 0.665. The molecule has 0 amide bonds. The van der Waals surface area contributed by atoms with Crippen LogP contribution in [0.1, 0.15) is 6.92 Å². The summed E-state index contributed by atoms with van der Waals surface area (Å²) in [6.45, 7) is 1.94. The van der Waals surface area contributed by atoms with Gasteiger partial charge in [0, 0.05) is 5.70 Å². The van der Waals surface area contributed by atoms with Crippen LogP contribution in [0.25, 0.3) is 0 Å². The Labute approximate surface area is 37.2 Å². The number of nitrogens with zero attached hydrogens (tertiary/aromatic N) is 2. The highest BCUT2D eigenvalue weighted by molar-refractivity contribution is 6.40. The van der Waals surface area contributed by atoms with Crippen molar-refractivity contribution < 1.29 is 0 Å². The summed E-state index contributed by atoms with van der Waals surface area (Å²) in [4.78, 5) is 0. The molecule has 1 rings (SSSR count). The molecule has 1 heterocycles. The van der Waals surface area contributed by atoms with E-state index in [4.69, 9.17) is 0 Å². The molecule has 0 saturated heterocycles. The van der Waals surface area contributed by atoms with E-state index in [9.17, 15) is 0 Å². The van der Waals surface area contributed by atoms with Gasteiger partial charge in [0.2, 0.25) is 0 Å². The first kappa shape index (κ1) is 3.59. The van der Waals surface area contributed by atoms with E-state index >= 15 is 0 Å². The second kappa shape index (κ2) is 1.24. The second-order valence-electron chi connectivity index (χ2n) is 1.27. The van der Waals surface area contributed by atoms with Crippen LogP contribution >= 0.6 is 0 Å². The largest absolute Gasteiger partial charge is 0.318 e. The Morgan fingerprint density at radius 2 is 2.67 bits per heavy atom. The van der Waals surface area contributed by atoms with Crippen LogP contribution in [0.5, 0.6) is 0 Å². The van der Waals surface area contributed by atoms with E-state index in [1.54, 1.807) is 0 Å². The van der Waals surface area contributed by atoms with Gasteiger partial charge in [0.1, 0.15) is 0 Å². The highest BCUT2D eigenvalue weighted by Crippen LogP contribution is 1.99. The van der Waals surface area contributed by atoms with Crippen LogP contribution in [0.3, 0.4) is 0 Å². The quantitative estimate of drug-likeness (QED) is 0.382. The van der Waals surface area contributed by atoms with Crippen molar-refractivity contribution in [2.24, 2.45) is 10.1 Å². The zero-order valence-corrected chi connectivity index (χ0v) is 3.68. The van der Waals surface area contributed by atoms with Crippen molar-refractivity contribution in [1.29, 1.82) is 0 Å². The SMILES string of the molecule is CC1=CBN=N1. The molecule has 1 aliphatic rings. The molecule has 0 fully saturated rings. The first-order valence-electron chi connectivity index (χ1n) is 1.94. The fraction of sp³-hybridized carbons (Fsp3) is 0.333. The van der Waals surface area contributed by atoms with Crippen LogP contribution in [-0.4, -0.2) is 7.41 Å². The Bertz CT molecular complexity index is 103. The molecule has 0 radical (unpaired) electrons. The summed E-state index contributed by atoms with van der Waals surface area (Å²) in [5.74, 6) is 1.99. The molecule has 0 aromatic heterocycles. The highest BCUT2D eigenvalue weighted by Gasteiger charge is 1.90. The van der Waals surface area contributed by atoms with Gasteiger partial charge < -0.3 is 0 Å². The van der Waals surface area contributed by atoms with Crippen LogP contribution in [0.4, 0.5) is 0 Å². The third-order valence-corrected chi connectivity index (χ3v) is 0.697. The topological polar surface area (TPSA) is 24.7 Å². The maximum atomic E-state index is 3.72. The first-order chi connectivity index (χ1) is 2.89. The zero-order valence-electron chi connectivity index (χ0n) is 3.68. The molecule has 0 spiro atoms. The zero-order chi connectivity index (χ0) is 4.41. The molecule has 0 atom stereocenters. The van der Waals surface area contributed by atoms with E-state index in [0.29, 0.717) is 0 Å². The summed E-state index contributed by atoms with van der Waals surface area (Å²) in [5.41, 5.74) is 1.04. The van der Waals surface area contributed by atoms with Gasteiger partial charge in [-0.25, -0.2) is 0 Å². The van der Waals surface area contributed by atoms with E-state index in [0.717, 1.165) is 13.1 Å². The van der Waals surface area contributed by atoms with E-state index < -0.39 is 0 Å². The van der Waals surface area contributed by atoms with Crippen LogP contribution < -0.4 is 0 Å². The summed E-state index contributed by atoms with van der Waals surface area (Å²) in [6.07, 6.45) is 0. The minimum Gasteiger partial charge on any atom is -0.253 e. The van der Waals surface area contributed by atoms with Crippen molar-refractivity contribution in [3.63, 3.8) is 0 Å². The maximum Gasteiger partial charge on any atom is 0.318 e. The minimum absolute atomic E-state index is 0.784. The molecule has 0 bridgehead atoms. The van der Waals surface area contributed by atoms with Gasteiger partial charge in [0.15, 0.2) is 0 Å². The van der Waals surface area contributed by atoms with Gasteiger partial charge in [-0.05, 0) is 6.92 Å². The van der Waals surface area contributed by atoms with E-state index in [1.165, 1.54) is 0 Å². The normalized spacial score (nSPS) is 17.2. The average Bonchev–Trinajstić information content (AvgIpc) is 1.86. The van der Waals surface area contributed by atoms with Crippen molar-refractivity contribution in [1.82, 2.24) is 0 Å². The Kier molecular flexibility index (Phi) is 0.745. The van der Waals surface area contributed by atoms with Crippen molar-refractivity contribution in [3.8, 4) is 0 Å². The molecule has 30 valence electrons. The average molecular weight is 79.9 g/mol. The number of hydrogen-bond donors (Lipinski definition) is 0. The standard InChI is InChI=1S/C3H5BN2/c1-3-2-4-6-5-3/h2,4H,1H3. The summed E-state index contributed by atoms with van der Waals surface area (Å²) >= 11 is 0. The summed E-state index contributed by atoms with van der Waals surface area (Å²) < 4.78 is 0. The monoisotopic (exact) mass is 80.1 g/mol. The van der Waals surface area contributed by atoms with Crippen LogP contribution in [0.2, 0.25) is 0 Å². The van der Waals surface area contributed by atoms with E-state index in [2.05, 4.69) is 10.1 Å². The van der Waals surface area contributed by atoms with E-state index in [-0.39, 0.29) is 0 Å². The van der Waals surface area contributed by atoms with Gasteiger partial charge >= 0.3 is 7.41 Å². The number of allylic oxidation sites excluding steroid dienone is 1. The van der Waals surface area contributed by atoms with Gasteiger partial charge in [-0.15, -0.1) is 0 Å². The molecule has 0 saturated carbocycles. The number of rotatable bonds is 0. The molecule has 0 N–H and O–H groups in total. The van der Waals surface area contributed by atoms with Crippen LogP contribution in [-0.2, 0) is 0 Å². The Morgan fingerprint density at radius 1 is 1.83 bits per heavy atom. The predicted molar refractivity (Wildman–Crippen MR) is 25.8 cm³/mol. The lowest BCUT2D eigenvalue weighted by Crippen LogP contribution is -1.64. The molecule has 3 heteroatoms. The van der Waals surface area contributed by atoms with Gasteiger partial charge in [0.25, 0.3) is 0 Å². The first-order valence-corrected chi connectivity index (χ1v) is 1.94. The van der Waals surface area contributed by atoms with Gasteiger partial charge in [-0.3, -0.25) is 5.03 Å². The lowest BCUT2D eigenvalue weighted by atomic mass is 9.98. The van der Waals surface area contributed by atoms with Gasteiger partial charge in [-0.1, -0.05) is 5.98 Å². The molecule has 0 aliphatic carbocycles. The third kappa shape index (κ3) is 0.480. The summed E-state index contributed by atoms with van der Waals surface area (Å²) in [6, 6.07) is 0. The molecular formula is C3H5BN2. The summed E-state index contributed by atoms with van der Waals surface area (Å²) in [7, 11) is 0.784. The lowest BCUT2D eigenvalue weighted by molar-refractivity contribution is 1.21. The molecule has 0 aromatic carbocycles. The Hall–Kier alpha value is -0.595. The molecule has 1 aliphatic heterocycles. The van der Waals surface area contributed by atoms with Gasteiger partial charge in [-0.2, -0.15) is 5.11 Å². The van der Waals surface area contributed by atoms with Crippen molar-refractivity contribution >= 4 is 7.41 Å². The summed E-state index contributed by atoms with van der Waals surface area (Å²) in [5, 5.41) is 7.42. The van der Waals surface area contributed by atoms with E-state index in [1.807, 2.05) is 12.9 Å². The smallest absolute Gasteiger partial charge is 0.253 e. The van der Waals surface area contributed by atoms with Gasteiger partial charge in [0.05, 0.1) is 0 Å². The third-order valence-electron chi connectivity index (χ3n) is 0.697. The Balaban J connectivity index is 2.68.